The Morgan fingerprint density at radius 3 is 2.29 bits per heavy atom. The Morgan fingerprint density at radius 1 is 0.974 bits per heavy atom. The first-order valence-electron chi connectivity index (χ1n) is 11.9. The van der Waals surface area contributed by atoms with Crippen molar-refractivity contribution in [2.75, 3.05) is 29.0 Å². The van der Waals surface area contributed by atoms with Crippen molar-refractivity contribution < 1.29 is 22.7 Å². The third kappa shape index (κ3) is 6.85. The molecule has 2 N–H and O–H groups in total. The Bertz CT molecular complexity index is 1400. The average molecular weight is 577 g/mol. The predicted octanol–water partition coefficient (Wildman–Crippen LogP) is 5.12. The molecule has 0 unspecified atom stereocenters. The lowest BCUT2D eigenvalue weighted by Gasteiger charge is -2.23. The highest BCUT2D eigenvalue weighted by molar-refractivity contribution is 7.92. The van der Waals surface area contributed by atoms with E-state index in [9.17, 15) is 18.0 Å². The van der Waals surface area contributed by atoms with Gasteiger partial charge in [-0.2, -0.15) is 0 Å². The molecule has 0 aromatic heterocycles. The SMILES string of the molecule is CS(=O)(=O)N(Cc1c(Cl)cccc1Cl)c1ccc(C(=O)Nc2ccccc2C(=O)NC[C@@H]2CCCO2)cc1. The first-order chi connectivity index (χ1) is 18.1. The maximum Gasteiger partial charge on any atom is 0.255 e. The van der Waals surface area contributed by atoms with Crippen LogP contribution >= 0.6 is 23.2 Å². The van der Waals surface area contributed by atoms with Crippen LogP contribution in [-0.4, -0.2) is 45.7 Å². The summed E-state index contributed by atoms with van der Waals surface area (Å²) in [5.41, 5.74) is 1.78. The van der Waals surface area contributed by atoms with Crippen LogP contribution in [0.4, 0.5) is 11.4 Å². The van der Waals surface area contributed by atoms with Crippen molar-refractivity contribution in [3.63, 3.8) is 0 Å². The molecule has 0 radical (unpaired) electrons. The fraction of sp³-hybridized carbons (Fsp3) is 0.259. The molecule has 4 rings (SSSR count). The molecule has 0 aliphatic carbocycles. The van der Waals surface area contributed by atoms with Gasteiger partial charge in [-0.15, -0.1) is 0 Å². The quantitative estimate of drug-likeness (QED) is 0.368. The summed E-state index contributed by atoms with van der Waals surface area (Å²) in [5, 5.41) is 6.33. The zero-order chi connectivity index (χ0) is 27.3. The van der Waals surface area contributed by atoms with Gasteiger partial charge in [0.25, 0.3) is 11.8 Å². The maximum absolute atomic E-state index is 13.0. The van der Waals surface area contributed by atoms with Crippen LogP contribution in [0, 0.1) is 0 Å². The first kappa shape index (κ1) is 27.9. The summed E-state index contributed by atoms with van der Waals surface area (Å²) in [6.45, 7) is 1.03. The van der Waals surface area contributed by atoms with Gasteiger partial charge >= 0.3 is 0 Å². The summed E-state index contributed by atoms with van der Waals surface area (Å²) in [4.78, 5) is 25.7. The molecule has 2 amide bonds. The third-order valence-electron chi connectivity index (χ3n) is 6.12. The number of anilines is 2. The monoisotopic (exact) mass is 575 g/mol. The number of hydrogen-bond acceptors (Lipinski definition) is 5. The molecular formula is C27H27Cl2N3O5S. The van der Waals surface area contributed by atoms with Crippen LogP contribution in [0.15, 0.2) is 66.7 Å². The van der Waals surface area contributed by atoms with Crippen molar-refractivity contribution in [1.29, 1.82) is 0 Å². The second-order valence-electron chi connectivity index (χ2n) is 8.86. The zero-order valence-electron chi connectivity index (χ0n) is 20.6. The van der Waals surface area contributed by atoms with Gasteiger partial charge < -0.3 is 15.4 Å². The molecule has 0 spiro atoms. The number of carbonyl (C=O) groups excluding carboxylic acids is 2. The number of amides is 2. The summed E-state index contributed by atoms with van der Waals surface area (Å²) >= 11 is 12.5. The molecule has 3 aromatic carbocycles. The lowest BCUT2D eigenvalue weighted by molar-refractivity contribution is 0.0858. The van der Waals surface area contributed by atoms with Gasteiger partial charge in [0.05, 0.1) is 35.8 Å². The second kappa shape index (κ2) is 12.2. The molecule has 1 saturated heterocycles. The van der Waals surface area contributed by atoms with E-state index in [1.54, 1.807) is 42.5 Å². The molecule has 38 heavy (non-hydrogen) atoms. The molecule has 1 aliphatic rings. The van der Waals surface area contributed by atoms with E-state index >= 15 is 0 Å². The molecule has 8 nitrogen and oxygen atoms in total. The molecule has 200 valence electrons. The van der Waals surface area contributed by atoms with Gasteiger partial charge in [-0.25, -0.2) is 8.42 Å². The van der Waals surface area contributed by atoms with Crippen LogP contribution < -0.4 is 14.9 Å². The predicted molar refractivity (Wildman–Crippen MR) is 150 cm³/mol. The van der Waals surface area contributed by atoms with Crippen molar-refractivity contribution >= 4 is 56.4 Å². The summed E-state index contributed by atoms with van der Waals surface area (Å²) in [5.74, 6) is -0.759. The summed E-state index contributed by atoms with van der Waals surface area (Å²) < 4.78 is 31.9. The van der Waals surface area contributed by atoms with Gasteiger partial charge in [0.15, 0.2) is 0 Å². The van der Waals surface area contributed by atoms with E-state index in [4.69, 9.17) is 27.9 Å². The van der Waals surface area contributed by atoms with Crippen LogP contribution in [0.2, 0.25) is 10.0 Å². The summed E-state index contributed by atoms with van der Waals surface area (Å²) in [6, 6.07) is 17.7. The molecule has 1 aliphatic heterocycles. The van der Waals surface area contributed by atoms with Crippen molar-refractivity contribution in [3.05, 3.63) is 93.5 Å². The topological polar surface area (TPSA) is 105 Å². The highest BCUT2D eigenvalue weighted by atomic mass is 35.5. The number of benzene rings is 3. The summed E-state index contributed by atoms with van der Waals surface area (Å²) in [6.07, 6.45) is 2.96. The van der Waals surface area contributed by atoms with Gasteiger partial charge in [0.2, 0.25) is 10.0 Å². The molecule has 1 atom stereocenters. The Labute approximate surface area is 231 Å². The molecule has 11 heteroatoms. The molecular weight excluding hydrogens is 549 g/mol. The second-order valence-corrected chi connectivity index (χ2v) is 11.6. The average Bonchev–Trinajstić information content (AvgIpc) is 3.41. The largest absolute Gasteiger partial charge is 0.376 e. The van der Waals surface area contributed by atoms with Crippen LogP contribution in [0.3, 0.4) is 0 Å². The number of para-hydroxylation sites is 1. The fourth-order valence-electron chi connectivity index (χ4n) is 4.10. The Kier molecular flexibility index (Phi) is 8.94. The highest BCUT2D eigenvalue weighted by Crippen LogP contribution is 2.29. The van der Waals surface area contributed by atoms with Gasteiger partial charge in [-0.1, -0.05) is 41.4 Å². The smallest absolute Gasteiger partial charge is 0.255 e. The van der Waals surface area contributed by atoms with E-state index in [0.717, 1.165) is 23.4 Å². The number of rotatable bonds is 9. The molecule has 3 aromatic rings. The summed E-state index contributed by atoms with van der Waals surface area (Å²) in [7, 11) is -3.70. The first-order valence-corrected chi connectivity index (χ1v) is 14.5. The van der Waals surface area contributed by atoms with E-state index in [0.29, 0.717) is 45.7 Å². The van der Waals surface area contributed by atoms with Crippen LogP contribution in [0.25, 0.3) is 0 Å². The Hall–Kier alpha value is -3.11. The molecule has 0 bridgehead atoms. The van der Waals surface area contributed by atoms with Crippen LogP contribution in [0.1, 0.15) is 39.1 Å². The minimum atomic E-state index is -3.70. The van der Waals surface area contributed by atoms with Crippen molar-refractivity contribution in [3.8, 4) is 0 Å². The number of hydrogen-bond donors (Lipinski definition) is 2. The van der Waals surface area contributed by atoms with E-state index in [1.165, 1.54) is 24.3 Å². The molecule has 0 saturated carbocycles. The fourth-order valence-corrected chi connectivity index (χ4v) is 5.48. The lowest BCUT2D eigenvalue weighted by atomic mass is 10.1. The van der Waals surface area contributed by atoms with Crippen molar-refractivity contribution in [2.45, 2.75) is 25.5 Å². The number of carbonyl (C=O) groups is 2. The van der Waals surface area contributed by atoms with Crippen molar-refractivity contribution in [1.82, 2.24) is 5.32 Å². The van der Waals surface area contributed by atoms with E-state index in [1.807, 2.05) is 0 Å². The van der Waals surface area contributed by atoms with Gasteiger partial charge in [-0.05, 0) is 61.4 Å². The van der Waals surface area contributed by atoms with Crippen molar-refractivity contribution in [2.24, 2.45) is 0 Å². The third-order valence-corrected chi connectivity index (χ3v) is 7.96. The van der Waals surface area contributed by atoms with Crippen LogP contribution in [0.5, 0.6) is 0 Å². The van der Waals surface area contributed by atoms with Crippen LogP contribution in [-0.2, 0) is 21.3 Å². The lowest BCUT2D eigenvalue weighted by Crippen LogP contribution is -2.32. The van der Waals surface area contributed by atoms with E-state index in [-0.39, 0.29) is 24.1 Å². The molecule has 1 fully saturated rings. The van der Waals surface area contributed by atoms with E-state index < -0.39 is 15.9 Å². The van der Waals surface area contributed by atoms with E-state index in [2.05, 4.69) is 10.6 Å². The number of nitrogens with zero attached hydrogens (tertiary/aromatic N) is 1. The minimum Gasteiger partial charge on any atom is -0.376 e. The van der Waals surface area contributed by atoms with Gasteiger partial charge in [0.1, 0.15) is 0 Å². The zero-order valence-corrected chi connectivity index (χ0v) is 22.9. The number of sulfonamides is 1. The van der Waals surface area contributed by atoms with Gasteiger partial charge in [0, 0.05) is 34.3 Å². The Morgan fingerprint density at radius 2 is 1.66 bits per heavy atom. The maximum atomic E-state index is 13.0. The standard InChI is InChI=1S/C27H27Cl2N3O5S/c1-38(35,36)32(17-22-23(28)8-4-9-24(22)29)19-13-11-18(12-14-19)26(33)31-25-10-3-2-7-21(25)27(34)30-16-20-6-5-15-37-20/h2-4,7-14,20H,5-6,15-17H2,1H3,(H,30,34)(H,31,33)/t20-/m0/s1. The van der Waals surface area contributed by atoms with Gasteiger partial charge in [-0.3, -0.25) is 13.9 Å². The molecule has 1 heterocycles. The normalized spacial score (nSPS) is 15.2. The highest BCUT2D eigenvalue weighted by Gasteiger charge is 2.22. The number of halogens is 2. The number of ether oxygens (including phenoxy) is 1. The Balaban J connectivity index is 1.49. The minimum absolute atomic E-state index is 0.000314. The number of nitrogens with one attached hydrogen (secondary N) is 2.